The summed E-state index contributed by atoms with van der Waals surface area (Å²) in [6.45, 7) is 13.8. The Kier molecular flexibility index (Phi) is 6.90. The zero-order valence-electron chi connectivity index (χ0n) is 29.8. The summed E-state index contributed by atoms with van der Waals surface area (Å²) in [6, 6.07) is 55.7. The maximum Gasteiger partial charge on any atom is 0.0713 e. The molecule has 0 spiro atoms. The minimum atomic E-state index is -0.455. The molecule has 0 unspecified atom stereocenters. The normalized spacial score (nSPS) is 14.3. The molecular weight excluding hydrogens is 621 g/mol. The molecule has 0 aromatic heterocycles. The van der Waals surface area contributed by atoms with Crippen LogP contribution in [0.4, 0.5) is 0 Å². The van der Waals surface area contributed by atoms with Gasteiger partial charge in [-0.1, -0.05) is 181 Å². The van der Waals surface area contributed by atoms with Gasteiger partial charge in [-0.2, -0.15) is 0 Å². The van der Waals surface area contributed by atoms with Crippen LogP contribution in [-0.4, -0.2) is 0 Å². The maximum absolute atomic E-state index is 2.45. The average Bonchev–Trinajstić information content (AvgIpc) is 3.42. The molecule has 0 fully saturated rings. The zero-order chi connectivity index (χ0) is 34.4. The Morgan fingerprint density at radius 3 is 1.66 bits per heavy atom. The Labute approximate surface area is 301 Å². The second-order valence-electron chi connectivity index (χ2n) is 16.2. The van der Waals surface area contributed by atoms with E-state index in [1.165, 1.54) is 87.3 Å². The molecule has 244 valence electrons. The molecule has 9 rings (SSSR count). The van der Waals surface area contributed by atoms with Crippen molar-refractivity contribution in [1.29, 1.82) is 0 Å². The average molecular weight is 663 g/mol. The smallest absolute Gasteiger partial charge is 0.0713 e. The van der Waals surface area contributed by atoms with Crippen molar-refractivity contribution < 1.29 is 0 Å². The molecular formula is C49H42S. The van der Waals surface area contributed by atoms with Gasteiger partial charge in [-0.3, -0.25) is 0 Å². The van der Waals surface area contributed by atoms with E-state index in [9.17, 15) is 0 Å². The maximum atomic E-state index is 2.45. The van der Waals surface area contributed by atoms with Crippen molar-refractivity contribution >= 4 is 22.5 Å². The number of hydrogen-bond donors (Lipinski definition) is 0. The molecule has 0 bridgehead atoms. The number of benzene rings is 7. The summed E-state index contributed by atoms with van der Waals surface area (Å²) in [4.78, 5) is 2.66. The van der Waals surface area contributed by atoms with Crippen molar-refractivity contribution in [3.05, 3.63) is 179 Å². The first-order chi connectivity index (χ1) is 24.0. The molecule has 0 amide bonds. The van der Waals surface area contributed by atoms with Crippen LogP contribution >= 0.6 is 11.8 Å². The Hall–Kier alpha value is -4.85. The van der Waals surface area contributed by atoms with Crippen molar-refractivity contribution in [2.24, 2.45) is 0 Å². The zero-order valence-corrected chi connectivity index (χ0v) is 30.6. The summed E-state index contributed by atoms with van der Waals surface area (Å²) in [5.41, 5.74) is 15.6. The number of rotatable bonds is 3. The van der Waals surface area contributed by atoms with Gasteiger partial charge in [0.05, 0.1) is 5.41 Å². The lowest BCUT2D eigenvalue weighted by molar-refractivity contribution is 0.588. The van der Waals surface area contributed by atoms with Gasteiger partial charge in [0.25, 0.3) is 0 Å². The van der Waals surface area contributed by atoms with E-state index >= 15 is 0 Å². The van der Waals surface area contributed by atoms with Gasteiger partial charge in [-0.25, -0.2) is 0 Å². The lowest BCUT2D eigenvalue weighted by Crippen LogP contribution is -2.29. The summed E-state index contributed by atoms with van der Waals surface area (Å²) in [5.74, 6) is 0. The van der Waals surface area contributed by atoms with Crippen LogP contribution in [0.1, 0.15) is 74.9 Å². The second kappa shape index (κ2) is 11.1. The fourth-order valence-electron chi connectivity index (χ4n) is 8.53. The summed E-state index contributed by atoms with van der Waals surface area (Å²) >= 11 is 1.89. The Bertz CT molecular complexity index is 2380. The molecule has 0 nitrogen and oxygen atoms in total. The molecule has 0 atom stereocenters. The van der Waals surface area contributed by atoms with E-state index in [2.05, 4.69) is 187 Å². The molecule has 2 aliphatic rings. The van der Waals surface area contributed by atoms with Gasteiger partial charge >= 0.3 is 0 Å². The van der Waals surface area contributed by atoms with E-state index in [0.717, 1.165) is 0 Å². The van der Waals surface area contributed by atoms with Gasteiger partial charge in [-0.15, -0.1) is 0 Å². The summed E-state index contributed by atoms with van der Waals surface area (Å²) in [5, 5.41) is 2.67. The van der Waals surface area contributed by atoms with E-state index in [1.54, 1.807) is 0 Å². The SMILES string of the molecule is CC(C)(C)c1ccc(C2(c3ccc(C(C)(C)C)cc3)c3ccccc3-c3c(-c4ccc5c(c4)-c4cccc6cccc(c46)S5)cccc32)cc1. The molecule has 0 saturated heterocycles. The molecule has 50 heavy (non-hydrogen) atoms. The van der Waals surface area contributed by atoms with Crippen molar-refractivity contribution in [2.75, 3.05) is 0 Å². The molecule has 7 aromatic rings. The predicted octanol–water partition coefficient (Wildman–Crippen LogP) is 13.6. The third-order valence-corrected chi connectivity index (χ3v) is 12.2. The standard InChI is InChI=1S/C49H42S/c1-47(2,3)33-21-25-35(26-22-33)49(36-27-23-34(24-28-36)48(4,5)6)41-17-8-7-14-39(41)46-37(15-11-18-42(46)49)32-20-29-43-40(30-32)38-16-9-12-31-13-10-19-44(50-43)45(31)38/h7-30H,1-6H3. The molecule has 0 saturated carbocycles. The van der Waals surface area contributed by atoms with E-state index in [4.69, 9.17) is 0 Å². The van der Waals surface area contributed by atoms with Gasteiger partial charge in [0.15, 0.2) is 0 Å². The van der Waals surface area contributed by atoms with E-state index in [1.807, 2.05) is 11.8 Å². The van der Waals surface area contributed by atoms with Crippen molar-refractivity contribution in [3.8, 4) is 33.4 Å². The molecule has 0 radical (unpaired) electrons. The van der Waals surface area contributed by atoms with Crippen LogP contribution in [0.15, 0.2) is 155 Å². The topological polar surface area (TPSA) is 0 Å². The van der Waals surface area contributed by atoms with Crippen LogP contribution in [-0.2, 0) is 16.2 Å². The van der Waals surface area contributed by atoms with Crippen LogP contribution in [0.3, 0.4) is 0 Å². The highest BCUT2D eigenvalue weighted by atomic mass is 32.2. The number of hydrogen-bond acceptors (Lipinski definition) is 1. The molecule has 0 N–H and O–H groups in total. The van der Waals surface area contributed by atoms with Crippen LogP contribution in [0.2, 0.25) is 0 Å². The van der Waals surface area contributed by atoms with Gasteiger partial charge in [-0.05, 0) is 101 Å². The third kappa shape index (κ3) is 4.60. The quantitative estimate of drug-likeness (QED) is 0.181. The minimum Gasteiger partial charge on any atom is -0.0888 e. The van der Waals surface area contributed by atoms with E-state index < -0.39 is 5.41 Å². The minimum absolute atomic E-state index is 0.0777. The molecule has 1 heterocycles. The Morgan fingerprint density at radius 1 is 0.440 bits per heavy atom. The highest BCUT2D eigenvalue weighted by molar-refractivity contribution is 7.99. The monoisotopic (exact) mass is 662 g/mol. The first-order valence-electron chi connectivity index (χ1n) is 17.8. The molecule has 1 heteroatoms. The molecule has 1 aliphatic heterocycles. The summed E-state index contributed by atoms with van der Waals surface area (Å²) in [6.07, 6.45) is 0. The Balaban J connectivity index is 1.31. The highest BCUT2D eigenvalue weighted by Gasteiger charge is 2.47. The van der Waals surface area contributed by atoms with Crippen LogP contribution < -0.4 is 0 Å². The first kappa shape index (κ1) is 31.2. The highest BCUT2D eigenvalue weighted by Crippen LogP contribution is 2.59. The van der Waals surface area contributed by atoms with Gasteiger partial charge in [0, 0.05) is 15.2 Å². The van der Waals surface area contributed by atoms with Gasteiger partial charge < -0.3 is 0 Å². The molecule has 1 aliphatic carbocycles. The predicted molar refractivity (Wildman–Crippen MR) is 214 cm³/mol. The van der Waals surface area contributed by atoms with Crippen LogP contribution in [0.5, 0.6) is 0 Å². The van der Waals surface area contributed by atoms with Crippen LogP contribution in [0, 0.1) is 0 Å². The summed E-state index contributed by atoms with van der Waals surface area (Å²) < 4.78 is 0. The lowest BCUT2D eigenvalue weighted by Gasteiger charge is -2.35. The van der Waals surface area contributed by atoms with Crippen molar-refractivity contribution in [3.63, 3.8) is 0 Å². The largest absolute Gasteiger partial charge is 0.0888 e. The molecule has 7 aromatic carbocycles. The van der Waals surface area contributed by atoms with Crippen LogP contribution in [0.25, 0.3) is 44.2 Å². The fourth-order valence-corrected chi connectivity index (χ4v) is 9.66. The van der Waals surface area contributed by atoms with Gasteiger partial charge in [0.2, 0.25) is 0 Å². The van der Waals surface area contributed by atoms with Crippen molar-refractivity contribution in [1.82, 2.24) is 0 Å². The Morgan fingerprint density at radius 2 is 1.00 bits per heavy atom. The van der Waals surface area contributed by atoms with E-state index in [0.29, 0.717) is 0 Å². The van der Waals surface area contributed by atoms with E-state index in [-0.39, 0.29) is 10.8 Å². The second-order valence-corrected chi connectivity index (χ2v) is 17.2. The first-order valence-corrected chi connectivity index (χ1v) is 18.7. The lowest BCUT2D eigenvalue weighted by atomic mass is 9.66. The fraction of sp³-hybridized carbons (Fsp3) is 0.184. The van der Waals surface area contributed by atoms with Crippen molar-refractivity contribution in [2.45, 2.75) is 67.6 Å². The number of fused-ring (bicyclic) bond motifs is 5. The van der Waals surface area contributed by atoms with Gasteiger partial charge in [0.1, 0.15) is 0 Å². The summed E-state index contributed by atoms with van der Waals surface area (Å²) in [7, 11) is 0. The third-order valence-electron chi connectivity index (χ3n) is 11.1.